The maximum Gasteiger partial charge on any atom is 0.494 e. The molecule has 334 valence electrons. The molecule has 2 fully saturated rings. The van der Waals surface area contributed by atoms with E-state index in [9.17, 15) is 19.2 Å². The first-order valence-corrected chi connectivity index (χ1v) is 22.8. The Morgan fingerprint density at radius 2 is 1.60 bits per heavy atom. The van der Waals surface area contributed by atoms with E-state index in [1.807, 2.05) is 109 Å². The molecule has 3 aliphatic rings. The van der Waals surface area contributed by atoms with Crippen LogP contribution in [0.5, 0.6) is 11.5 Å². The van der Waals surface area contributed by atoms with Gasteiger partial charge in [-0.25, -0.2) is 4.98 Å². The van der Waals surface area contributed by atoms with Gasteiger partial charge in [0, 0.05) is 50.3 Å². The molecule has 3 aliphatic heterocycles. The minimum absolute atomic E-state index is 0.0865. The zero-order chi connectivity index (χ0) is 44.9. The molecule has 0 saturated carbocycles. The first-order chi connectivity index (χ1) is 30.1. The number of carbonyl (C=O) groups excluding carboxylic acids is 4. The van der Waals surface area contributed by atoms with E-state index in [1.54, 1.807) is 28.4 Å². The maximum absolute atomic E-state index is 14.2. The summed E-state index contributed by atoms with van der Waals surface area (Å²) < 4.78 is 30.5. The van der Waals surface area contributed by atoms with Crippen LogP contribution in [0, 0.1) is 12.8 Å². The minimum atomic E-state index is -0.985. The average molecular weight is 879 g/mol. The largest absolute Gasteiger partial charge is 0.494 e. The van der Waals surface area contributed by atoms with Gasteiger partial charge in [0.25, 0.3) is 5.91 Å². The van der Waals surface area contributed by atoms with Crippen molar-refractivity contribution in [2.45, 2.75) is 111 Å². The van der Waals surface area contributed by atoms with Gasteiger partial charge in [-0.1, -0.05) is 56.3 Å². The Kier molecular flexibility index (Phi) is 14.4. The van der Waals surface area contributed by atoms with E-state index in [1.165, 1.54) is 4.90 Å². The van der Waals surface area contributed by atoms with Crippen molar-refractivity contribution in [1.29, 1.82) is 0 Å². The number of ether oxygens (including phenoxy) is 3. The number of hydrogen-bond donors (Lipinski definition) is 1. The van der Waals surface area contributed by atoms with Crippen LogP contribution in [0.4, 0.5) is 0 Å². The molecule has 3 aromatic carbocycles. The molecule has 1 N–H and O–H groups in total. The molecule has 3 amide bonds. The van der Waals surface area contributed by atoms with Gasteiger partial charge < -0.3 is 38.6 Å². The van der Waals surface area contributed by atoms with Gasteiger partial charge in [0.2, 0.25) is 11.8 Å². The number of ketones is 1. The molecule has 0 bridgehead atoms. The summed E-state index contributed by atoms with van der Waals surface area (Å²) in [7, 11) is -0.406. The van der Waals surface area contributed by atoms with E-state index in [4.69, 9.17) is 23.5 Å². The fourth-order valence-corrected chi connectivity index (χ4v) is 8.91. The van der Waals surface area contributed by atoms with E-state index in [0.717, 1.165) is 57.7 Å². The van der Waals surface area contributed by atoms with E-state index >= 15 is 0 Å². The van der Waals surface area contributed by atoms with Crippen molar-refractivity contribution in [2.75, 3.05) is 33.0 Å². The Labute approximate surface area is 374 Å². The highest BCUT2D eigenvalue weighted by atomic mass is 32.1. The Bertz CT molecular complexity index is 2260. The predicted molar refractivity (Wildman–Crippen MR) is 242 cm³/mol. The van der Waals surface area contributed by atoms with Crippen molar-refractivity contribution in [3.05, 3.63) is 94.6 Å². The standard InChI is InChI=1S/C48H59BN4O9S/c1-31(2)42(53-28-35-13-8-9-14-39(35)45(53)56)46(57)52-29-37(54)26-40(52)44(55)50-27-34-16-15-33(43-32(3)51-30-63-43)25-41(34)60-23-11-10-21-58-22-12-24-59-38-19-17-36(18-20-38)49-61-47(4,5)48(6,7)62-49/h8-9,13-20,25,30-31,40,42H,10-12,21-24,26-29H2,1-7H3,(H,50,55)/t40-,42-/m0/s1. The summed E-state index contributed by atoms with van der Waals surface area (Å²) in [4.78, 5) is 62.6. The van der Waals surface area contributed by atoms with Crippen LogP contribution in [0.15, 0.2) is 72.2 Å². The fraction of sp³-hybridized carbons (Fsp3) is 0.479. The summed E-state index contributed by atoms with van der Waals surface area (Å²) in [6.07, 6.45) is 2.22. The smallest absolute Gasteiger partial charge is 0.494 e. The lowest BCUT2D eigenvalue weighted by Crippen LogP contribution is -2.55. The molecule has 0 spiro atoms. The highest BCUT2D eigenvalue weighted by Crippen LogP contribution is 2.37. The number of likely N-dealkylation sites (tertiary alicyclic amines) is 1. The monoisotopic (exact) mass is 878 g/mol. The average Bonchev–Trinajstić information content (AvgIpc) is 4.00. The van der Waals surface area contributed by atoms with E-state index < -0.39 is 31.0 Å². The third kappa shape index (κ3) is 10.5. The number of Topliss-reactive ketones (excluding diaryl/α,β-unsaturated/α-hetero) is 1. The Hall–Kier alpha value is -5.09. The number of aryl methyl sites for hydroxylation is 1. The highest BCUT2D eigenvalue weighted by molar-refractivity contribution is 7.13. The van der Waals surface area contributed by atoms with Crippen LogP contribution in [-0.2, 0) is 41.5 Å². The van der Waals surface area contributed by atoms with Crippen LogP contribution in [0.25, 0.3) is 10.4 Å². The van der Waals surface area contributed by atoms with Gasteiger partial charge in [0.05, 0.1) is 47.0 Å². The van der Waals surface area contributed by atoms with Crippen molar-refractivity contribution >= 4 is 47.4 Å². The molecule has 7 rings (SSSR count). The summed E-state index contributed by atoms with van der Waals surface area (Å²) in [5.41, 5.74) is 6.05. The number of carbonyl (C=O) groups is 4. The van der Waals surface area contributed by atoms with Gasteiger partial charge in [0.1, 0.15) is 23.6 Å². The second-order valence-corrected chi connectivity index (χ2v) is 18.7. The van der Waals surface area contributed by atoms with Crippen LogP contribution in [0.1, 0.15) is 94.4 Å². The van der Waals surface area contributed by atoms with Crippen LogP contribution in [0.3, 0.4) is 0 Å². The summed E-state index contributed by atoms with van der Waals surface area (Å²) >= 11 is 1.55. The SMILES string of the molecule is Cc1ncsc1-c1ccc(CNC(=O)[C@@H]2CC(=O)CN2C(=O)[C@H](C(C)C)N2Cc3ccccc3C2=O)c(OCCCCOCCCOc2ccc(B3OC(C)(C)C(C)(C)O3)cc2)c1. The van der Waals surface area contributed by atoms with Gasteiger partial charge in [-0.2, -0.15) is 0 Å². The number of rotatable bonds is 19. The minimum Gasteiger partial charge on any atom is -0.494 e. The molecule has 0 unspecified atom stereocenters. The molecular weight excluding hydrogens is 819 g/mol. The fourth-order valence-electron chi connectivity index (χ4n) is 8.10. The van der Waals surface area contributed by atoms with Gasteiger partial charge in [-0.3, -0.25) is 19.2 Å². The zero-order valence-corrected chi connectivity index (χ0v) is 38.3. The Balaban J connectivity index is 0.878. The quantitative estimate of drug-likeness (QED) is 0.0816. The van der Waals surface area contributed by atoms with Gasteiger partial charge in [-0.15, -0.1) is 11.3 Å². The summed E-state index contributed by atoms with van der Waals surface area (Å²) in [6, 6.07) is 19.2. The topological polar surface area (TPSA) is 146 Å². The van der Waals surface area contributed by atoms with Crippen molar-refractivity contribution in [3.8, 4) is 21.9 Å². The van der Waals surface area contributed by atoms with Gasteiger partial charge in [-0.05, 0) is 94.2 Å². The number of unbranched alkanes of at least 4 members (excludes halogenated alkanes) is 1. The molecule has 13 nitrogen and oxygen atoms in total. The lowest BCUT2D eigenvalue weighted by Gasteiger charge is -2.34. The molecule has 2 saturated heterocycles. The Morgan fingerprint density at radius 1 is 0.905 bits per heavy atom. The molecule has 63 heavy (non-hydrogen) atoms. The van der Waals surface area contributed by atoms with E-state index in [2.05, 4.69) is 10.3 Å². The van der Waals surface area contributed by atoms with Crippen LogP contribution >= 0.6 is 11.3 Å². The molecule has 4 heterocycles. The summed E-state index contributed by atoms with van der Waals surface area (Å²) in [6.45, 7) is 16.3. The highest BCUT2D eigenvalue weighted by Gasteiger charge is 2.52. The molecule has 15 heteroatoms. The number of aromatic nitrogens is 1. The summed E-state index contributed by atoms with van der Waals surface area (Å²) in [5.74, 6) is -0.0834. The van der Waals surface area contributed by atoms with Crippen LogP contribution in [0.2, 0.25) is 0 Å². The zero-order valence-electron chi connectivity index (χ0n) is 37.4. The van der Waals surface area contributed by atoms with Crippen LogP contribution in [-0.4, -0.2) is 102 Å². The van der Waals surface area contributed by atoms with Crippen molar-refractivity contribution in [2.24, 2.45) is 5.92 Å². The second-order valence-electron chi connectivity index (χ2n) is 17.8. The molecule has 4 aromatic rings. The van der Waals surface area contributed by atoms with Gasteiger partial charge >= 0.3 is 7.12 Å². The van der Waals surface area contributed by atoms with E-state index in [0.29, 0.717) is 44.3 Å². The first-order valence-electron chi connectivity index (χ1n) is 21.9. The molecule has 2 atom stereocenters. The van der Waals surface area contributed by atoms with Gasteiger partial charge in [0.15, 0.2) is 5.78 Å². The normalized spacial score (nSPS) is 18.3. The van der Waals surface area contributed by atoms with E-state index in [-0.39, 0.29) is 48.3 Å². The second kappa shape index (κ2) is 19.8. The lowest BCUT2D eigenvalue weighted by molar-refractivity contribution is -0.143. The number of nitrogens with one attached hydrogen (secondary N) is 1. The summed E-state index contributed by atoms with van der Waals surface area (Å²) in [5, 5.41) is 2.98. The first kappa shape index (κ1) is 45.9. The van der Waals surface area contributed by atoms with Crippen molar-refractivity contribution < 1.29 is 42.7 Å². The third-order valence-corrected chi connectivity index (χ3v) is 13.4. The number of benzene rings is 3. The number of fused-ring (bicyclic) bond motifs is 1. The van der Waals surface area contributed by atoms with Crippen LogP contribution < -0.4 is 20.3 Å². The predicted octanol–water partition coefficient (Wildman–Crippen LogP) is 6.53. The number of thiazole rings is 1. The maximum atomic E-state index is 14.2. The third-order valence-electron chi connectivity index (χ3n) is 12.4. The Morgan fingerprint density at radius 3 is 2.30 bits per heavy atom. The molecule has 1 aromatic heterocycles. The van der Waals surface area contributed by atoms with Crippen molar-refractivity contribution in [1.82, 2.24) is 20.1 Å². The number of amides is 3. The number of hydrogen-bond acceptors (Lipinski definition) is 11. The molecule has 0 radical (unpaired) electrons. The molecular formula is C48H59BN4O9S. The number of nitrogens with zero attached hydrogens (tertiary/aromatic N) is 3. The molecule has 0 aliphatic carbocycles. The van der Waals surface area contributed by atoms with Crippen molar-refractivity contribution in [3.63, 3.8) is 0 Å². The lowest BCUT2D eigenvalue weighted by atomic mass is 9.79.